The summed E-state index contributed by atoms with van der Waals surface area (Å²) in [7, 11) is 0. The Hall–Kier alpha value is -0.700. The molecular formula is C8H16NO2+. The maximum atomic E-state index is 11.1. The Labute approximate surface area is 67.6 Å². The average molecular weight is 158 g/mol. The minimum Gasteiger partial charge on any atom is -0.231 e. The van der Waals surface area contributed by atoms with E-state index in [1.807, 2.05) is 13.8 Å². The largest absolute Gasteiger partial charge is 0.317 e. The first-order chi connectivity index (χ1) is 5.01. The standard InChI is InChI=1S/C8H16NO2/c1-5-9(6-2,7(3)10)8(4)11/h5-6H2,1-4H3/q+1. The number of hydrogen-bond donors (Lipinski definition) is 0. The van der Waals surface area contributed by atoms with Crippen molar-refractivity contribution in [3.05, 3.63) is 0 Å². The Morgan fingerprint density at radius 3 is 1.27 bits per heavy atom. The summed E-state index contributed by atoms with van der Waals surface area (Å²) >= 11 is 0. The molecule has 0 heterocycles. The first-order valence-electron chi connectivity index (χ1n) is 3.90. The van der Waals surface area contributed by atoms with Crippen LogP contribution in [-0.4, -0.2) is 29.4 Å². The van der Waals surface area contributed by atoms with E-state index >= 15 is 0 Å². The summed E-state index contributed by atoms with van der Waals surface area (Å²) < 4.78 is -0.0278. The minimum absolute atomic E-state index is 0.0278. The van der Waals surface area contributed by atoms with E-state index in [1.54, 1.807) is 0 Å². The second-order valence-corrected chi connectivity index (χ2v) is 2.64. The zero-order valence-electron chi connectivity index (χ0n) is 7.68. The van der Waals surface area contributed by atoms with Gasteiger partial charge in [0.1, 0.15) is 0 Å². The number of nitrogens with zero attached hydrogens (tertiary/aromatic N) is 1. The molecule has 11 heavy (non-hydrogen) atoms. The molecule has 0 aromatic carbocycles. The van der Waals surface area contributed by atoms with Gasteiger partial charge in [0.05, 0.1) is 26.9 Å². The van der Waals surface area contributed by atoms with Crippen LogP contribution in [0.25, 0.3) is 0 Å². The second kappa shape index (κ2) is 3.62. The summed E-state index contributed by atoms with van der Waals surface area (Å²) in [4.78, 5) is 22.2. The van der Waals surface area contributed by atoms with Crippen molar-refractivity contribution in [3.8, 4) is 0 Å². The Balaban J connectivity index is 4.76. The molecular weight excluding hydrogens is 142 g/mol. The minimum atomic E-state index is -0.0671. The van der Waals surface area contributed by atoms with E-state index in [-0.39, 0.29) is 16.3 Å². The molecule has 2 amide bonds. The van der Waals surface area contributed by atoms with Crippen LogP contribution in [0.3, 0.4) is 0 Å². The number of carbonyl (C=O) groups excluding carboxylic acids is 2. The molecule has 0 atom stereocenters. The number of quaternary nitrogens is 1. The molecule has 0 fully saturated rings. The van der Waals surface area contributed by atoms with E-state index in [4.69, 9.17) is 0 Å². The van der Waals surface area contributed by atoms with Crippen LogP contribution in [0, 0.1) is 0 Å². The summed E-state index contributed by atoms with van der Waals surface area (Å²) in [6.45, 7) is 7.75. The molecule has 0 unspecified atom stereocenters. The van der Waals surface area contributed by atoms with Crippen LogP contribution < -0.4 is 0 Å². The SMILES string of the molecule is CC[N+](CC)(C(C)=O)C(C)=O. The Bertz CT molecular complexity index is 155. The first-order valence-corrected chi connectivity index (χ1v) is 3.90. The molecule has 0 aromatic rings. The number of imide groups is 1. The number of rotatable bonds is 2. The molecule has 0 aliphatic rings. The van der Waals surface area contributed by atoms with Crippen LogP contribution in [0.5, 0.6) is 0 Å². The van der Waals surface area contributed by atoms with Crippen molar-refractivity contribution in [1.29, 1.82) is 0 Å². The normalized spacial score (nSPS) is 11.3. The molecule has 0 aliphatic carbocycles. The van der Waals surface area contributed by atoms with Crippen molar-refractivity contribution in [2.24, 2.45) is 0 Å². The van der Waals surface area contributed by atoms with Gasteiger partial charge in [0.15, 0.2) is 0 Å². The molecule has 0 radical (unpaired) electrons. The maximum absolute atomic E-state index is 11.1. The lowest BCUT2D eigenvalue weighted by atomic mass is 10.3. The molecule has 0 saturated carbocycles. The molecule has 0 bridgehead atoms. The highest BCUT2D eigenvalue weighted by Crippen LogP contribution is 2.07. The van der Waals surface area contributed by atoms with E-state index in [0.717, 1.165) is 0 Å². The van der Waals surface area contributed by atoms with Gasteiger partial charge in [0.25, 0.3) is 0 Å². The van der Waals surface area contributed by atoms with Gasteiger partial charge in [0, 0.05) is 0 Å². The molecule has 0 N–H and O–H groups in total. The van der Waals surface area contributed by atoms with Gasteiger partial charge in [-0.1, -0.05) is 0 Å². The molecule has 0 saturated heterocycles. The van der Waals surface area contributed by atoms with Crippen LogP contribution in [0.2, 0.25) is 0 Å². The summed E-state index contributed by atoms with van der Waals surface area (Å²) in [5, 5.41) is 0. The summed E-state index contributed by atoms with van der Waals surface area (Å²) in [6, 6.07) is 0. The molecule has 64 valence electrons. The molecule has 3 heteroatoms. The predicted octanol–water partition coefficient (Wildman–Crippen LogP) is 0.936. The van der Waals surface area contributed by atoms with Crippen molar-refractivity contribution >= 4 is 11.8 Å². The summed E-state index contributed by atoms with van der Waals surface area (Å²) in [6.07, 6.45) is 0. The van der Waals surface area contributed by atoms with E-state index in [0.29, 0.717) is 13.1 Å². The van der Waals surface area contributed by atoms with Crippen molar-refractivity contribution in [2.75, 3.05) is 13.1 Å². The second-order valence-electron chi connectivity index (χ2n) is 2.64. The highest BCUT2D eigenvalue weighted by molar-refractivity contribution is 5.81. The fraction of sp³-hybridized carbons (Fsp3) is 0.750. The Morgan fingerprint density at radius 1 is 1.00 bits per heavy atom. The maximum Gasteiger partial charge on any atom is 0.317 e. The van der Waals surface area contributed by atoms with Crippen molar-refractivity contribution in [2.45, 2.75) is 27.7 Å². The van der Waals surface area contributed by atoms with E-state index in [9.17, 15) is 9.59 Å². The third-order valence-corrected chi connectivity index (χ3v) is 2.29. The van der Waals surface area contributed by atoms with Gasteiger partial charge in [-0.05, 0) is 13.8 Å². The Kier molecular flexibility index (Phi) is 3.39. The smallest absolute Gasteiger partial charge is 0.231 e. The van der Waals surface area contributed by atoms with Crippen LogP contribution in [0.15, 0.2) is 0 Å². The lowest BCUT2D eigenvalue weighted by Gasteiger charge is -2.28. The number of carbonyl (C=O) groups is 2. The molecule has 3 nitrogen and oxygen atoms in total. The van der Waals surface area contributed by atoms with Crippen molar-refractivity contribution < 1.29 is 14.1 Å². The third kappa shape index (κ3) is 1.66. The summed E-state index contributed by atoms with van der Waals surface area (Å²) in [5.41, 5.74) is 0. The zero-order chi connectivity index (χ0) is 9.07. The van der Waals surface area contributed by atoms with Gasteiger partial charge in [-0.25, -0.2) is 9.59 Å². The van der Waals surface area contributed by atoms with Crippen LogP contribution in [0.4, 0.5) is 0 Å². The quantitative estimate of drug-likeness (QED) is 0.560. The lowest BCUT2D eigenvalue weighted by Crippen LogP contribution is -2.54. The van der Waals surface area contributed by atoms with Gasteiger partial charge < -0.3 is 0 Å². The number of amides is 2. The molecule has 0 spiro atoms. The topological polar surface area (TPSA) is 34.1 Å². The highest BCUT2D eigenvalue weighted by Gasteiger charge is 2.34. The van der Waals surface area contributed by atoms with Crippen LogP contribution >= 0.6 is 0 Å². The van der Waals surface area contributed by atoms with Gasteiger partial charge in [-0.2, -0.15) is 4.48 Å². The van der Waals surface area contributed by atoms with Crippen LogP contribution in [0.1, 0.15) is 27.7 Å². The molecule has 0 aromatic heterocycles. The summed E-state index contributed by atoms with van der Waals surface area (Å²) in [5.74, 6) is -0.134. The average Bonchev–Trinajstić information content (AvgIpc) is 1.90. The zero-order valence-corrected chi connectivity index (χ0v) is 7.68. The fourth-order valence-corrected chi connectivity index (χ4v) is 1.34. The van der Waals surface area contributed by atoms with E-state index < -0.39 is 0 Å². The first kappa shape index (κ1) is 10.3. The van der Waals surface area contributed by atoms with Gasteiger partial charge in [-0.15, -0.1) is 0 Å². The lowest BCUT2D eigenvalue weighted by molar-refractivity contribution is -0.773. The predicted molar refractivity (Wildman–Crippen MR) is 42.7 cm³/mol. The monoisotopic (exact) mass is 158 g/mol. The van der Waals surface area contributed by atoms with Crippen LogP contribution in [-0.2, 0) is 9.59 Å². The third-order valence-electron chi connectivity index (χ3n) is 2.29. The van der Waals surface area contributed by atoms with Crippen molar-refractivity contribution in [1.82, 2.24) is 0 Å². The Morgan fingerprint density at radius 2 is 1.27 bits per heavy atom. The van der Waals surface area contributed by atoms with Gasteiger partial charge in [0.2, 0.25) is 0 Å². The molecule has 0 aliphatic heterocycles. The van der Waals surface area contributed by atoms with E-state index in [1.165, 1.54) is 13.8 Å². The highest BCUT2D eigenvalue weighted by atomic mass is 16.2. The van der Waals surface area contributed by atoms with E-state index in [2.05, 4.69) is 0 Å². The fourth-order valence-electron chi connectivity index (χ4n) is 1.34. The van der Waals surface area contributed by atoms with Gasteiger partial charge in [-0.3, -0.25) is 0 Å². The van der Waals surface area contributed by atoms with Gasteiger partial charge >= 0.3 is 11.8 Å². The van der Waals surface area contributed by atoms with Crippen molar-refractivity contribution in [3.63, 3.8) is 0 Å². The molecule has 0 rings (SSSR count). The number of hydrogen-bond acceptors (Lipinski definition) is 2.